The van der Waals surface area contributed by atoms with E-state index < -0.39 is 5.97 Å². The first-order valence-electron chi connectivity index (χ1n) is 4.80. The van der Waals surface area contributed by atoms with Gasteiger partial charge in [-0.3, -0.25) is 0 Å². The van der Waals surface area contributed by atoms with Gasteiger partial charge < -0.3 is 5.11 Å². The van der Waals surface area contributed by atoms with Gasteiger partial charge in [0.1, 0.15) is 0 Å². The average Bonchev–Trinajstić information content (AvgIpc) is 2.64. The Labute approximate surface area is 92.4 Å². The second kappa shape index (κ2) is 3.77. The molecule has 2 heterocycles. The van der Waals surface area contributed by atoms with Crippen LogP contribution in [0.15, 0.2) is 24.5 Å². The van der Waals surface area contributed by atoms with Crippen LogP contribution >= 0.6 is 0 Å². The van der Waals surface area contributed by atoms with Crippen LogP contribution in [0.4, 0.5) is 0 Å². The van der Waals surface area contributed by atoms with Gasteiger partial charge in [-0.2, -0.15) is 5.10 Å². The highest BCUT2D eigenvalue weighted by atomic mass is 16.4. The van der Waals surface area contributed by atoms with E-state index in [9.17, 15) is 4.79 Å². The van der Waals surface area contributed by atoms with Gasteiger partial charge in [0.15, 0.2) is 5.82 Å². The summed E-state index contributed by atoms with van der Waals surface area (Å²) in [6, 6.07) is 3.18. The first kappa shape index (κ1) is 10.4. The third-order valence-electron chi connectivity index (χ3n) is 2.25. The van der Waals surface area contributed by atoms with Gasteiger partial charge >= 0.3 is 5.97 Å². The van der Waals surface area contributed by atoms with E-state index in [1.165, 1.54) is 6.07 Å². The standard InChI is InChI=1S/C11H11N3O2/c1-7-5-12-14(6-7)10-4-3-9(11(15)16)8(2)13-10/h3-6H,1-2H3,(H,15,16). The maximum Gasteiger partial charge on any atom is 0.337 e. The lowest BCUT2D eigenvalue weighted by molar-refractivity contribution is 0.0695. The fraction of sp³-hybridized carbons (Fsp3) is 0.182. The first-order valence-corrected chi connectivity index (χ1v) is 4.80. The van der Waals surface area contributed by atoms with Crippen LogP contribution in [0.1, 0.15) is 21.6 Å². The molecule has 0 aliphatic carbocycles. The Bertz CT molecular complexity index is 546. The second-order valence-electron chi connectivity index (χ2n) is 3.57. The minimum absolute atomic E-state index is 0.215. The molecule has 0 spiro atoms. The topological polar surface area (TPSA) is 68.0 Å². The lowest BCUT2D eigenvalue weighted by Gasteiger charge is -2.04. The van der Waals surface area contributed by atoms with E-state index in [2.05, 4.69) is 10.1 Å². The predicted octanol–water partition coefficient (Wildman–Crippen LogP) is 1.58. The van der Waals surface area contributed by atoms with Gasteiger partial charge in [0.05, 0.1) is 17.5 Å². The molecular weight excluding hydrogens is 206 g/mol. The molecule has 2 aromatic rings. The average molecular weight is 217 g/mol. The van der Waals surface area contributed by atoms with Crippen LogP contribution in [0.25, 0.3) is 5.82 Å². The number of carboxylic acids is 1. The SMILES string of the molecule is Cc1cnn(-c2ccc(C(=O)O)c(C)n2)c1. The molecule has 82 valence electrons. The third kappa shape index (κ3) is 1.79. The Balaban J connectivity index is 2.45. The largest absolute Gasteiger partial charge is 0.478 e. The number of hydrogen-bond donors (Lipinski definition) is 1. The van der Waals surface area contributed by atoms with Crippen molar-refractivity contribution in [3.63, 3.8) is 0 Å². The fourth-order valence-electron chi connectivity index (χ4n) is 1.44. The summed E-state index contributed by atoms with van der Waals surface area (Å²) in [5.74, 6) is -0.344. The van der Waals surface area contributed by atoms with Gasteiger partial charge in [0, 0.05) is 6.20 Å². The van der Waals surface area contributed by atoms with Gasteiger partial charge in [-0.1, -0.05) is 0 Å². The highest BCUT2D eigenvalue weighted by Crippen LogP contribution is 2.10. The number of rotatable bonds is 2. The Morgan fingerprint density at radius 3 is 2.62 bits per heavy atom. The maximum absolute atomic E-state index is 10.8. The van der Waals surface area contributed by atoms with E-state index in [-0.39, 0.29) is 5.56 Å². The Hall–Kier alpha value is -2.17. The quantitative estimate of drug-likeness (QED) is 0.829. The summed E-state index contributed by atoms with van der Waals surface area (Å²) < 4.78 is 1.62. The van der Waals surface area contributed by atoms with Crippen molar-refractivity contribution in [2.24, 2.45) is 0 Å². The number of aromatic nitrogens is 3. The van der Waals surface area contributed by atoms with Crippen molar-refractivity contribution in [2.45, 2.75) is 13.8 Å². The summed E-state index contributed by atoms with van der Waals surface area (Å²) >= 11 is 0. The number of aryl methyl sites for hydroxylation is 2. The molecule has 0 atom stereocenters. The van der Waals surface area contributed by atoms with Gasteiger partial charge in [-0.15, -0.1) is 0 Å². The van der Waals surface area contributed by atoms with E-state index in [0.717, 1.165) is 5.56 Å². The van der Waals surface area contributed by atoms with Crippen LogP contribution in [-0.2, 0) is 0 Å². The molecule has 0 radical (unpaired) electrons. The molecule has 0 saturated heterocycles. The molecule has 0 unspecified atom stereocenters. The van der Waals surface area contributed by atoms with Crippen LogP contribution in [-0.4, -0.2) is 25.8 Å². The zero-order valence-electron chi connectivity index (χ0n) is 9.01. The minimum atomic E-state index is -0.965. The number of carbonyl (C=O) groups is 1. The second-order valence-corrected chi connectivity index (χ2v) is 3.57. The molecule has 2 aromatic heterocycles. The normalized spacial score (nSPS) is 10.4. The van der Waals surface area contributed by atoms with E-state index in [0.29, 0.717) is 11.5 Å². The summed E-state index contributed by atoms with van der Waals surface area (Å²) in [4.78, 5) is 15.0. The fourth-order valence-corrected chi connectivity index (χ4v) is 1.44. The van der Waals surface area contributed by atoms with Gasteiger partial charge in [0.25, 0.3) is 0 Å². The van der Waals surface area contributed by atoms with Crippen LogP contribution in [0.3, 0.4) is 0 Å². The summed E-state index contributed by atoms with van der Waals surface area (Å²) in [7, 11) is 0. The van der Waals surface area contributed by atoms with Crippen molar-refractivity contribution in [3.05, 3.63) is 41.3 Å². The molecule has 16 heavy (non-hydrogen) atoms. The Morgan fingerprint density at radius 1 is 1.38 bits per heavy atom. The molecule has 0 bridgehead atoms. The highest BCUT2D eigenvalue weighted by molar-refractivity contribution is 5.88. The third-order valence-corrected chi connectivity index (χ3v) is 2.25. The molecule has 0 saturated carbocycles. The zero-order chi connectivity index (χ0) is 11.7. The highest BCUT2D eigenvalue weighted by Gasteiger charge is 2.09. The molecule has 5 nitrogen and oxygen atoms in total. The van der Waals surface area contributed by atoms with Crippen molar-refractivity contribution >= 4 is 5.97 Å². The lowest BCUT2D eigenvalue weighted by atomic mass is 10.2. The zero-order valence-corrected chi connectivity index (χ0v) is 9.01. The van der Waals surface area contributed by atoms with Crippen molar-refractivity contribution in [1.82, 2.24) is 14.8 Å². The Morgan fingerprint density at radius 2 is 2.12 bits per heavy atom. The summed E-state index contributed by atoms with van der Waals surface area (Å²) in [6.45, 7) is 3.60. The van der Waals surface area contributed by atoms with E-state index in [1.807, 2.05) is 13.1 Å². The van der Waals surface area contributed by atoms with Gasteiger partial charge in [-0.05, 0) is 31.5 Å². The molecule has 0 amide bonds. The molecule has 5 heteroatoms. The Kier molecular flexibility index (Phi) is 2.44. The summed E-state index contributed by atoms with van der Waals surface area (Å²) in [6.07, 6.45) is 3.56. The molecule has 2 rings (SSSR count). The van der Waals surface area contributed by atoms with Gasteiger partial charge in [-0.25, -0.2) is 14.5 Å². The molecule has 0 fully saturated rings. The lowest BCUT2D eigenvalue weighted by Crippen LogP contribution is -2.05. The molecule has 0 aliphatic rings. The molecule has 1 N–H and O–H groups in total. The smallest absolute Gasteiger partial charge is 0.337 e. The number of nitrogens with zero attached hydrogens (tertiary/aromatic N) is 3. The number of aromatic carboxylic acids is 1. The summed E-state index contributed by atoms with van der Waals surface area (Å²) in [5.41, 5.74) is 1.73. The number of hydrogen-bond acceptors (Lipinski definition) is 3. The first-order chi connectivity index (χ1) is 7.58. The monoisotopic (exact) mass is 217 g/mol. The maximum atomic E-state index is 10.8. The molecule has 0 aromatic carbocycles. The summed E-state index contributed by atoms with van der Waals surface area (Å²) in [5, 5.41) is 13.0. The van der Waals surface area contributed by atoms with Crippen LogP contribution in [0.5, 0.6) is 0 Å². The van der Waals surface area contributed by atoms with E-state index >= 15 is 0 Å². The number of pyridine rings is 1. The van der Waals surface area contributed by atoms with Crippen LogP contribution in [0.2, 0.25) is 0 Å². The van der Waals surface area contributed by atoms with E-state index in [4.69, 9.17) is 5.11 Å². The predicted molar refractivity (Wildman–Crippen MR) is 57.8 cm³/mol. The minimum Gasteiger partial charge on any atom is -0.478 e. The molecular formula is C11H11N3O2. The number of carboxylic acid groups (broad SMARTS) is 1. The molecule has 0 aliphatic heterocycles. The van der Waals surface area contributed by atoms with Crippen LogP contribution < -0.4 is 0 Å². The van der Waals surface area contributed by atoms with Crippen molar-refractivity contribution < 1.29 is 9.90 Å². The van der Waals surface area contributed by atoms with Crippen LogP contribution in [0, 0.1) is 13.8 Å². The van der Waals surface area contributed by atoms with Crippen molar-refractivity contribution in [3.8, 4) is 5.82 Å². The van der Waals surface area contributed by atoms with Gasteiger partial charge in [0.2, 0.25) is 0 Å². The van der Waals surface area contributed by atoms with E-state index in [1.54, 1.807) is 23.9 Å². The van der Waals surface area contributed by atoms with Crippen molar-refractivity contribution in [2.75, 3.05) is 0 Å². The van der Waals surface area contributed by atoms with Crippen molar-refractivity contribution in [1.29, 1.82) is 0 Å².